The summed E-state index contributed by atoms with van der Waals surface area (Å²) in [5.41, 5.74) is 1.18. The number of hydrogen-bond acceptors (Lipinski definition) is 1. The molecule has 0 radical (unpaired) electrons. The predicted octanol–water partition coefficient (Wildman–Crippen LogP) is 5.78. The van der Waals surface area contributed by atoms with Crippen LogP contribution >= 0.6 is 11.6 Å². The Hall–Kier alpha value is -1.75. The maximum Gasteiger partial charge on any atom is 0.416 e. The molecule has 0 fully saturated rings. The van der Waals surface area contributed by atoms with Gasteiger partial charge in [0.25, 0.3) is 0 Å². The van der Waals surface area contributed by atoms with Crippen LogP contribution in [0, 0.1) is 5.82 Å². The van der Waals surface area contributed by atoms with Crippen molar-refractivity contribution in [3.8, 4) is 11.5 Å². The number of fused-ring (bicyclic) bond motifs is 1. The first kappa shape index (κ1) is 15.2. The third-order valence-electron chi connectivity index (χ3n) is 3.62. The van der Waals surface area contributed by atoms with E-state index in [2.05, 4.69) is 0 Å². The summed E-state index contributed by atoms with van der Waals surface area (Å²) in [5.74, 6) is -1.17. The van der Waals surface area contributed by atoms with Crippen LogP contribution in [-0.2, 0) is 19.0 Å². The van der Waals surface area contributed by atoms with Crippen LogP contribution in [0.4, 0.5) is 17.6 Å². The summed E-state index contributed by atoms with van der Waals surface area (Å²) in [6, 6.07) is 6.36. The van der Waals surface area contributed by atoms with Crippen LogP contribution in [0.3, 0.4) is 0 Å². The van der Waals surface area contributed by atoms with Gasteiger partial charge in [0.05, 0.1) is 10.6 Å². The second-order valence-corrected chi connectivity index (χ2v) is 5.56. The summed E-state index contributed by atoms with van der Waals surface area (Å²) in [5, 5.41) is -0.409. The van der Waals surface area contributed by atoms with Crippen LogP contribution in [0.1, 0.15) is 23.1 Å². The molecule has 0 heterocycles. The SMILES string of the molecule is Fc1cc(C(F)(F)F)cc(Cl)c1Oc1ccc2c(c1)CCC2. The summed E-state index contributed by atoms with van der Waals surface area (Å²) in [4.78, 5) is 0. The van der Waals surface area contributed by atoms with Crippen molar-refractivity contribution < 1.29 is 22.3 Å². The molecule has 0 amide bonds. The number of halogens is 5. The lowest BCUT2D eigenvalue weighted by Crippen LogP contribution is -2.06. The molecule has 0 saturated heterocycles. The van der Waals surface area contributed by atoms with E-state index < -0.39 is 28.3 Å². The number of ether oxygens (including phenoxy) is 1. The molecular formula is C16H11ClF4O. The molecule has 22 heavy (non-hydrogen) atoms. The van der Waals surface area contributed by atoms with Crippen LogP contribution in [0.25, 0.3) is 0 Å². The predicted molar refractivity (Wildman–Crippen MR) is 75.0 cm³/mol. The number of benzene rings is 2. The quantitative estimate of drug-likeness (QED) is 0.634. The van der Waals surface area contributed by atoms with Crippen molar-refractivity contribution in [3.05, 3.63) is 57.9 Å². The molecule has 116 valence electrons. The Morgan fingerprint density at radius 1 is 1.00 bits per heavy atom. The minimum Gasteiger partial charge on any atom is -0.453 e. The lowest BCUT2D eigenvalue weighted by molar-refractivity contribution is -0.137. The minimum absolute atomic E-state index is 0.362. The largest absolute Gasteiger partial charge is 0.453 e. The van der Waals surface area contributed by atoms with Gasteiger partial charge in [-0.2, -0.15) is 13.2 Å². The molecule has 0 aromatic heterocycles. The Morgan fingerprint density at radius 2 is 1.73 bits per heavy atom. The molecule has 0 atom stereocenters. The molecule has 2 aromatic carbocycles. The monoisotopic (exact) mass is 330 g/mol. The van der Waals surface area contributed by atoms with Crippen LogP contribution in [0.15, 0.2) is 30.3 Å². The first-order chi connectivity index (χ1) is 10.3. The molecule has 1 nitrogen and oxygen atoms in total. The number of alkyl halides is 3. The van der Waals surface area contributed by atoms with E-state index in [1.165, 1.54) is 5.56 Å². The summed E-state index contributed by atoms with van der Waals surface area (Å²) in [6.07, 6.45) is -1.70. The van der Waals surface area contributed by atoms with Gasteiger partial charge in [0.2, 0.25) is 0 Å². The first-order valence-corrected chi connectivity index (χ1v) is 7.08. The molecule has 6 heteroatoms. The standard InChI is InChI=1S/C16H11ClF4O/c17-13-7-11(16(19,20)21)8-14(18)15(13)22-12-5-4-9-2-1-3-10(9)6-12/h4-8H,1-3H2. The number of aryl methyl sites for hydroxylation is 2. The second-order valence-electron chi connectivity index (χ2n) is 5.15. The van der Waals surface area contributed by atoms with Gasteiger partial charge in [0.15, 0.2) is 11.6 Å². The average Bonchev–Trinajstić information content (AvgIpc) is 2.89. The van der Waals surface area contributed by atoms with E-state index in [-0.39, 0.29) is 0 Å². The molecule has 0 bridgehead atoms. The van der Waals surface area contributed by atoms with Gasteiger partial charge in [-0.25, -0.2) is 4.39 Å². The fourth-order valence-corrected chi connectivity index (χ4v) is 2.80. The molecule has 0 N–H and O–H groups in total. The van der Waals surface area contributed by atoms with Gasteiger partial charge < -0.3 is 4.74 Å². The Kier molecular flexibility index (Phi) is 3.77. The van der Waals surface area contributed by atoms with E-state index in [0.717, 1.165) is 24.8 Å². The molecule has 0 aliphatic heterocycles. The van der Waals surface area contributed by atoms with Crippen LogP contribution in [0.2, 0.25) is 5.02 Å². The maximum atomic E-state index is 13.9. The lowest BCUT2D eigenvalue weighted by Gasteiger charge is -2.13. The van der Waals surface area contributed by atoms with Crippen molar-refractivity contribution in [2.75, 3.05) is 0 Å². The molecule has 0 spiro atoms. The maximum absolute atomic E-state index is 13.9. The fraction of sp³-hybridized carbons (Fsp3) is 0.250. The van der Waals surface area contributed by atoms with Crippen molar-refractivity contribution in [3.63, 3.8) is 0 Å². The third-order valence-corrected chi connectivity index (χ3v) is 3.90. The molecule has 0 unspecified atom stereocenters. The lowest BCUT2D eigenvalue weighted by atomic mass is 10.1. The van der Waals surface area contributed by atoms with Crippen molar-refractivity contribution in [2.24, 2.45) is 0 Å². The molecular weight excluding hydrogens is 320 g/mol. The Bertz CT molecular complexity index is 702. The Balaban J connectivity index is 1.92. The highest BCUT2D eigenvalue weighted by Gasteiger charge is 2.32. The van der Waals surface area contributed by atoms with Crippen molar-refractivity contribution in [1.82, 2.24) is 0 Å². The van der Waals surface area contributed by atoms with E-state index in [0.29, 0.717) is 17.9 Å². The van der Waals surface area contributed by atoms with E-state index in [1.807, 2.05) is 6.07 Å². The van der Waals surface area contributed by atoms with Gasteiger partial charge in [-0.3, -0.25) is 0 Å². The van der Waals surface area contributed by atoms with Gasteiger partial charge >= 0.3 is 6.18 Å². The molecule has 1 aliphatic rings. The van der Waals surface area contributed by atoms with E-state index in [4.69, 9.17) is 16.3 Å². The fourth-order valence-electron chi connectivity index (χ4n) is 2.55. The average molecular weight is 331 g/mol. The zero-order valence-electron chi connectivity index (χ0n) is 11.3. The van der Waals surface area contributed by atoms with E-state index in [9.17, 15) is 17.6 Å². The molecule has 0 saturated carbocycles. The smallest absolute Gasteiger partial charge is 0.416 e. The highest BCUT2D eigenvalue weighted by Crippen LogP contribution is 2.39. The van der Waals surface area contributed by atoms with Gasteiger partial charge in [-0.1, -0.05) is 17.7 Å². The van der Waals surface area contributed by atoms with Gasteiger partial charge in [-0.15, -0.1) is 0 Å². The number of hydrogen-bond donors (Lipinski definition) is 0. The first-order valence-electron chi connectivity index (χ1n) is 6.70. The highest BCUT2D eigenvalue weighted by atomic mass is 35.5. The topological polar surface area (TPSA) is 9.23 Å². The van der Waals surface area contributed by atoms with E-state index >= 15 is 0 Å². The van der Waals surface area contributed by atoms with Crippen LogP contribution in [0.5, 0.6) is 11.5 Å². The zero-order chi connectivity index (χ0) is 15.9. The highest BCUT2D eigenvalue weighted by molar-refractivity contribution is 6.32. The zero-order valence-corrected chi connectivity index (χ0v) is 12.1. The summed E-state index contributed by atoms with van der Waals surface area (Å²) >= 11 is 5.74. The summed E-state index contributed by atoms with van der Waals surface area (Å²) in [6.45, 7) is 0. The molecule has 1 aliphatic carbocycles. The Morgan fingerprint density at radius 3 is 2.41 bits per heavy atom. The molecule has 2 aromatic rings. The van der Waals surface area contributed by atoms with Gasteiger partial charge in [0, 0.05) is 0 Å². The van der Waals surface area contributed by atoms with Gasteiger partial charge in [0.1, 0.15) is 5.75 Å². The Labute approximate surface area is 129 Å². The van der Waals surface area contributed by atoms with E-state index in [1.54, 1.807) is 12.1 Å². The third kappa shape index (κ3) is 2.90. The van der Waals surface area contributed by atoms with Crippen molar-refractivity contribution in [2.45, 2.75) is 25.4 Å². The van der Waals surface area contributed by atoms with Gasteiger partial charge in [-0.05, 0) is 54.7 Å². The van der Waals surface area contributed by atoms with Crippen molar-refractivity contribution in [1.29, 1.82) is 0 Å². The summed E-state index contributed by atoms with van der Waals surface area (Å²) in [7, 11) is 0. The van der Waals surface area contributed by atoms with Crippen LogP contribution in [-0.4, -0.2) is 0 Å². The normalized spacial score (nSPS) is 14.0. The second kappa shape index (κ2) is 5.47. The summed E-state index contributed by atoms with van der Waals surface area (Å²) < 4.78 is 57.0. The van der Waals surface area contributed by atoms with Crippen molar-refractivity contribution >= 4 is 11.6 Å². The van der Waals surface area contributed by atoms with Crippen LogP contribution < -0.4 is 4.74 Å². The molecule has 3 rings (SSSR count). The number of rotatable bonds is 2. The minimum atomic E-state index is -4.66.